The maximum Gasteiger partial charge on any atom is 0.253 e. The predicted molar refractivity (Wildman–Crippen MR) is 118 cm³/mol. The van der Waals surface area contributed by atoms with Gasteiger partial charge >= 0.3 is 0 Å². The summed E-state index contributed by atoms with van der Waals surface area (Å²) in [5.74, 6) is 1.00. The van der Waals surface area contributed by atoms with Crippen LogP contribution in [-0.2, 0) is 20.1 Å². The zero-order valence-corrected chi connectivity index (χ0v) is 17.9. The Morgan fingerprint density at radius 3 is 2.66 bits per heavy atom. The number of aryl methyl sites for hydroxylation is 1. The Balaban J connectivity index is 1.68. The normalized spacial score (nSPS) is 14.7. The predicted octanol–water partition coefficient (Wildman–Crippen LogP) is 3.25. The summed E-state index contributed by atoms with van der Waals surface area (Å²) in [5.41, 5.74) is 3.05. The number of piperidine rings is 1. The smallest absolute Gasteiger partial charge is 0.253 e. The minimum absolute atomic E-state index is 0.142. The fourth-order valence-corrected chi connectivity index (χ4v) is 3.70. The highest BCUT2D eigenvalue weighted by Crippen LogP contribution is 2.15. The van der Waals surface area contributed by atoms with Crippen molar-refractivity contribution in [3.05, 3.63) is 59.4 Å². The van der Waals surface area contributed by atoms with Crippen molar-refractivity contribution in [2.45, 2.75) is 39.3 Å². The van der Waals surface area contributed by atoms with E-state index in [-0.39, 0.29) is 5.91 Å². The Hall–Kier alpha value is -2.76. The van der Waals surface area contributed by atoms with Crippen molar-refractivity contribution in [2.24, 2.45) is 12.0 Å². The van der Waals surface area contributed by atoms with E-state index in [0.29, 0.717) is 6.54 Å². The second-order valence-corrected chi connectivity index (χ2v) is 7.69. The van der Waals surface area contributed by atoms with Gasteiger partial charge in [-0.15, -0.1) is 0 Å². The van der Waals surface area contributed by atoms with Crippen LogP contribution < -0.4 is 5.32 Å². The molecule has 0 unspecified atom stereocenters. The summed E-state index contributed by atoms with van der Waals surface area (Å²) in [5, 5.41) is 3.37. The Morgan fingerprint density at radius 1 is 1.17 bits per heavy atom. The summed E-state index contributed by atoms with van der Waals surface area (Å²) in [4.78, 5) is 21.7. The molecule has 0 bridgehead atoms. The van der Waals surface area contributed by atoms with E-state index in [1.807, 2.05) is 36.2 Å². The Bertz CT molecular complexity index is 835. The van der Waals surface area contributed by atoms with Crippen molar-refractivity contribution in [2.75, 3.05) is 26.7 Å². The van der Waals surface area contributed by atoms with Gasteiger partial charge in [0, 0.05) is 51.2 Å². The number of rotatable bonds is 6. The van der Waals surface area contributed by atoms with Crippen LogP contribution in [0.3, 0.4) is 0 Å². The molecule has 0 radical (unpaired) electrons. The molecule has 3 rings (SSSR count). The van der Waals surface area contributed by atoms with Gasteiger partial charge in [-0.3, -0.25) is 4.79 Å². The van der Waals surface area contributed by atoms with Crippen LogP contribution in [0.1, 0.15) is 47.8 Å². The van der Waals surface area contributed by atoms with Gasteiger partial charge in [0.15, 0.2) is 5.96 Å². The maximum atomic E-state index is 12.8. The van der Waals surface area contributed by atoms with E-state index < -0.39 is 0 Å². The first-order valence-electron chi connectivity index (χ1n) is 10.6. The number of likely N-dealkylation sites (tertiary alicyclic amines) is 1. The van der Waals surface area contributed by atoms with E-state index in [9.17, 15) is 4.79 Å². The summed E-state index contributed by atoms with van der Waals surface area (Å²) in [7, 11) is 4.10. The van der Waals surface area contributed by atoms with E-state index in [1.165, 1.54) is 12.1 Å². The highest BCUT2D eigenvalue weighted by molar-refractivity contribution is 5.94. The Morgan fingerprint density at radius 2 is 1.97 bits per heavy atom. The molecule has 1 aromatic carbocycles. The van der Waals surface area contributed by atoms with Gasteiger partial charge in [-0.25, -0.2) is 4.99 Å². The van der Waals surface area contributed by atoms with Gasteiger partial charge in [0.25, 0.3) is 5.91 Å². The van der Waals surface area contributed by atoms with E-state index in [4.69, 9.17) is 4.99 Å². The van der Waals surface area contributed by atoms with Gasteiger partial charge < -0.3 is 19.7 Å². The number of hydrogen-bond donors (Lipinski definition) is 1. The highest BCUT2D eigenvalue weighted by atomic mass is 16.2. The monoisotopic (exact) mass is 395 g/mol. The van der Waals surface area contributed by atoms with Crippen molar-refractivity contribution in [3.63, 3.8) is 0 Å². The molecule has 1 aliphatic rings. The highest BCUT2D eigenvalue weighted by Gasteiger charge is 2.18. The third-order valence-corrected chi connectivity index (χ3v) is 5.38. The first-order chi connectivity index (χ1) is 14.1. The first kappa shape index (κ1) is 21.0. The number of nitrogens with zero attached hydrogens (tertiary/aromatic N) is 4. The van der Waals surface area contributed by atoms with Crippen molar-refractivity contribution in [3.8, 4) is 0 Å². The zero-order valence-electron chi connectivity index (χ0n) is 17.9. The molecular formula is C23H33N5O. The minimum Gasteiger partial charge on any atom is -0.357 e. The van der Waals surface area contributed by atoms with Gasteiger partial charge in [0.05, 0.1) is 13.1 Å². The fraction of sp³-hybridized carbons (Fsp3) is 0.478. The van der Waals surface area contributed by atoms with Crippen LogP contribution in [0.4, 0.5) is 0 Å². The van der Waals surface area contributed by atoms with Gasteiger partial charge in [-0.05, 0) is 56.0 Å². The molecule has 1 aliphatic heterocycles. The molecule has 1 fully saturated rings. The SMILES string of the molecule is CCNC(=NCc1cccc(C(=O)N2CCCCC2)c1)N(C)Cc1cccn1C. The Kier molecular flexibility index (Phi) is 7.33. The molecule has 29 heavy (non-hydrogen) atoms. The van der Waals surface area contributed by atoms with Crippen molar-refractivity contribution in [1.29, 1.82) is 0 Å². The number of aromatic nitrogens is 1. The molecule has 156 valence electrons. The molecule has 0 spiro atoms. The number of benzene rings is 1. The number of hydrogen-bond acceptors (Lipinski definition) is 2. The third kappa shape index (κ3) is 5.62. The molecule has 2 heterocycles. The molecule has 0 saturated carbocycles. The lowest BCUT2D eigenvalue weighted by molar-refractivity contribution is 0.0724. The molecule has 6 heteroatoms. The molecule has 1 saturated heterocycles. The molecule has 2 aromatic rings. The molecule has 0 atom stereocenters. The number of amides is 1. The van der Waals surface area contributed by atoms with Crippen LogP contribution >= 0.6 is 0 Å². The van der Waals surface area contributed by atoms with Crippen molar-refractivity contribution < 1.29 is 4.79 Å². The van der Waals surface area contributed by atoms with Crippen LogP contribution in [0.25, 0.3) is 0 Å². The van der Waals surface area contributed by atoms with E-state index in [0.717, 1.165) is 56.1 Å². The second kappa shape index (κ2) is 10.1. The summed E-state index contributed by atoms with van der Waals surface area (Å²) in [6, 6.07) is 12.1. The van der Waals surface area contributed by atoms with E-state index in [2.05, 4.69) is 47.1 Å². The second-order valence-electron chi connectivity index (χ2n) is 7.69. The van der Waals surface area contributed by atoms with Gasteiger partial charge in [0.1, 0.15) is 0 Å². The topological polar surface area (TPSA) is 52.9 Å². The van der Waals surface area contributed by atoms with Crippen LogP contribution in [0, 0.1) is 0 Å². The van der Waals surface area contributed by atoms with Crippen LogP contribution in [0.2, 0.25) is 0 Å². The summed E-state index contributed by atoms with van der Waals surface area (Å²) < 4.78 is 2.12. The molecule has 0 aliphatic carbocycles. The van der Waals surface area contributed by atoms with E-state index in [1.54, 1.807) is 0 Å². The lowest BCUT2D eigenvalue weighted by Gasteiger charge is -2.26. The largest absolute Gasteiger partial charge is 0.357 e. The van der Waals surface area contributed by atoms with Gasteiger partial charge in [0.2, 0.25) is 0 Å². The van der Waals surface area contributed by atoms with Crippen LogP contribution in [-0.4, -0.2) is 52.9 Å². The number of nitrogens with one attached hydrogen (secondary N) is 1. The van der Waals surface area contributed by atoms with Crippen molar-refractivity contribution >= 4 is 11.9 Å². The average molecular weight is 396 g/mol. The minimum atomic E-state index is 0.142. The van der Waals surface area contributed by atoms with Crippen LogP contribution in [0.5, 0.6) is 0 Å². The average Bonchev–Trinajstić information content (AvgIpc) is 3.15. The first-order valence-corrected chi connectivity index (χ1v) is 10.6. The molecule has 1 N–H and O–H groups in total. The lowest BCUT2D eigenvalue weighted by atomic mass is 10.1. The summed E-state index contributed by atoms with van der Waals surface area (Å²) in [6.07, 6.45) is 5.49. The van der Waals surface area contributed by atoms with E-state index >= 15 is 0 Å². The van der Waals surface area contributed by atoms with Gasteiger partial charge in [-0.2, -0.15) is 0 Å². The summed E-state index contributed by atoms with van der Waals surface area (Å²) in [6.45, 7) is 5.95. The molecule has 1 amide bonds. The zero-order chi connectivity index (χ0) is 20.6. The number of guanidine groups is 1. The molecule has 1 aromatic heterocycles. The molecule has 6 nitrogen and oxygen atoms in total. The fourth-order valence-electron chi connectivity index (χ4n) is 3.70. The number of carbonyl (C=O) groups is 1. The van der Waals surface area contributed by atoms with Crippen LogP contribution in [0.15, 0.2) is 47.6 Å². The Labute approximate surface area is 174 Å². The third-order valence-electron chi connectivity index (χ3n) is 5.38. The quantitative estimate of drug-likeness (QED) is 0.603. The summed E-state index contributed by atoms with van der Waals surface area (Å²) >= 11 is 0. The molecular weight excluding hydrogens is 362 g/mol. The number of carbonyl (C=O) groups excluding carboxylic acids is 1. The standard InChI is InChI=1S/C23H33N5O/c1-4-24-23(27(3)18-21-12-9-13-26(21)2)25-17-19-10-8-11-20(16-19)22(29)28-14-6-5-7-15-28/h8-13,16H,4-7,14-15,17-18H2,1-3H3,(H,24,25). The van der Waals surface area contributed by atoms with Crippen molar-refractivity contribution in [1.82, 2.24) is 19.7 Å². The lowest BCUT2D eigenvalue weighted by Crippen LogP contribution is -2.38. The number of aliphatic imine (C=N–C) groups is 1. The maximum absolute atomic E-state index is 12.8. The van der Waals surface area contributed by atoms with Gasteiger partial charge in [-0.1, -0.05) is 12.1 Å².